The standard InChI is InChI=1S/C14H25NO8/c1-4-10(13(20)21-8-9(17)7-16)22-11(18)5-14(2,3)23-12(19)6-15/h9-10,16-17H,4-8,15H2,1-3H3. The molecule has 0 amide bonds. The molecule has 0 saturated carbocycles. The van der Waals surface area contributed by atoms with Crippen LogP contribution in [0.1, 0.15) is 33.6 Å². The van der Waals surface area contributed by atoms with Crippen LogP contribution in [0.5, 0.6) is 0 Å². The highest BCUT2D eigenvalue weighted by atomic mass is 16.6. The number of aliphatic hydroxyl groups is 2. The smallest absolute Gasteiger partial charge is 0.347 e. The van der Waals surface area contributed by atoms with Gasteiger partial charge in [-0.05, 0) is 20.3 Å². The molecule has 0 heterocycles. The molecule has 0 aromatic rings. The average molecular weight is 335 g/mol. The van der Waals surface area contributed by atoms with Crippen molar-refractivity contribution in [2.24, 2.45) is 5.73 Å². The summed E-state index contributed by atoms with van der Waals surface area (Å²) in [6.45, 7) is 3.38. The Morgan fingerprint density at radius 3 is 2.30 bits per heavy atom. The second kappa shape index (κ2) is 10.1. The maximum Gasteiger partial charge on any atom is 0.347 e. The average Bonchev–Trinajstić information content (AvgIpc) is 2.48. The molecule has 2 atom stereocenters. The van der Waals surface area contributed by atoms with Gasteiger partial charge < -0.3 is 30.2 Å². The van der Waals surface area contributed by atoms with Crippen LogP contribution in [0.25, 0.3) is 0 Å². The van der Waals surface area contributed by atoms with Crippen LogP contribution in [0.2, 0.25) is 0 Å². The SMILES string of the molecule is CCC(OC(=O)CC(C)(C)OC(=O)CN)C(=O)OCC(O)CO. The largest absolute Gasteiger partial charge is 0.460 e. The van der Waals surface area contributed by atoms with Gasteiger partial charge in [-0.1, -0.05) is 6.92 Å². The molecule has 0 aliphatic heterocycles. The Morgan fingerprint density at radius 2 is 1.83 bits per heavy atom. The Morgan fingerprint density at radius 1 is 1.22 bits per heavy atom. The Labute approximate surface area is 134 Å². The summed E-state index contributed by atoms with van der Waals surface area (Å²) in [5.41, 5.74) is 4.01. The van der Waals surface area contributed by atoms with Crippen LogP contribution in [0.3, 0.4) is 0 Å². The molecule has 4 N–H and O–H groups in total. The number of aliphatic hydroxyl groups excluding tert-OH is 2. The van der Waals surface area contributed by atoms with E-state index in [9.17, 15) is 14.4 Å². The maximum absolute atomic E-state index is 11.9. The maximum atomic E-state index is 11.9. The van der Waals surface area contributed by atoms with Crippen LogP contribution in [-0.2, 0) is 28.6 Å². The third-order valence-corrected chi connectivity index (χ3v) is 2.66. The lowest BCUT2D eigenvalue weighted by Crippen LogP contribution is -2.37. The van der Waals surface area contributed by atoms with E-state index >= 15 is 0 Å². The van der Waals surface area contributed by atoms with E-state index in [2.05, 4.69) is 0 Å². The van der Waals surface area contributed by atoms with Crippen LogP contribution in [0, 0.1) is 0 Å². The second-order valence-electron chi connectivity index (χ2n) is 5.47. The lowest BCUT2D eigenvalue weighted by molar-refractivity contribution is -0.175. The molecule has 23 heavy (non-hydrogen) atoms. The summed E-state index contributed by atoms with van der Waals surface area (Å²) in [7, 11) is 0. The van der Waals surface area contributed by atoms with Crippen molar-refractivity contribution in [1.29, 1.82) is 0 Å². The Kier molecular flexibility index (Phi) is 9.38. The molecule has 0 radical (unpaired) electrons. The molecule has 9 heteroatoms. The lowest BCUT2D eigenvalue weighted by Gasteiger charge is -2.25. The van der Waals surface area contributed by atoms with E-state index in [1.54, 1.807) is 6.92 Å². The monoisotopic (exact) mass is 335 g/mol. The predicted octanol–water partition coefficient (Wildman–Crippen LogP) is -1.12. The first-order valence-corrected chi connectivity index (χ1v) is 7.22. The molecule has 134 valence electrons. The van der Waals surface area contributed by atoms with Gasteiger partial charge in [0.1, 0.15) is 18.3 Å². The van der Waals surface area contributed by atoms with E-state index in [1.807, 2.05) is 0 Å². The quantitative estimate of drug-likeness (QED) is 0.333. The fourth-order valence-corrected chi connectivity index (χ4v) is 1.56. The fourth-order valence-electron chi connectivity index (χ4n) is 1.56. The molecule has 0 aliphatic rings. The number of hydrogen-bond donors (Lipinski definition) is 3. The summed E-state index contributed by atoms with van der Waals surface area (Å²) < 4.78 is 14.7. The first kappa shape index (κ1) is 21.3. The highest BCUT2D eigenvalue weighted by Gasteiger charge is 2.30. The third kappa shape index (κ3) is 9.11. The molecule has 0 bridgehead atoms. The molecule has 0 fully saturated rings. The van der Waals surface area contributed by atoms with Gasteiger partial charge >= 0.3 is 17.9 Å². The lowest BCUT2D eigenvalue weighted by atomic mass is 10.1. The first-order valence-electron chi connectivity index (χ1n) is 7.22. The molecule has 2 unspecified atom stereocenters. The van der Waals surface area contributed by atoms with Crippen LogP contribution < -0.4 is 5.73 Å². The van der Waals surface area contributed by atoms with E-state index in [4.69, 9.17) is 30.2 Å². The van der Waals surface area contributed by atoms with Gasteiger partial charge in [0.2, 0.25) is 0 Å². The molecule has 0 aromatic heterocycles. The first-order chi connectivity index (χ1) is 10.6. The van der Waals surface area contributed by atoms with Gasteiger partial charge in [-0.2, -0.15) is 0 Å². The zero-order chi connectivity index (χ0) is 18.0. The Bertz CT molecular complexity index is 410. The summed E-state index contributed by atoms with van der Waals surface area (Å²) in [5, 5.41) is 17.7. The number of esters is 3. The highest BCUT2D eigenvalue weighted by molar-refractivity contribution is 5.80. The molecule has 9 nitrogen and oxygen atoms in total. The van der Waals surface area contributed by atoms with E-state index in [1.165, 1.54) is 13.8 Å². The van der Waals surface area contributed by atoms with Crippen molar-refractivity contribution < 1.29 is 38.8 Å². The summed E-state index contributed by atoms with van der Waals surface area (Å²) in [4.78, 5) is 34.7. The molecular formula is C14H25NO8. The van der Waals surface area contributed by atoms with E-state index in [0.717, 1.165) is 0 Å². The normalized spacial score (nSPS) is 13.8. The molecular weight excluding hydrogens is 310 g/mol. The number of carbonyl (C=O) groups excluding carboxylic acids is 3. The van der Waals surface area contributed by atoms with Crippen LogP contribution in [0.4, 0.5) is 0 Å². The van der Waals surface area contributed by atoms with Crippen molar-refractivity contribution >= 4 is 17.9 Å². The van der Waals surface area contributed by atoms with Gasteiger partial charge in [0.25, 0.3) is 0 Å². The van der Waals surface area contributed by atoms with Crippen molar-refractivity contribution in [3.05, 3.63) is 0 Å². The van der Waals surface area contributed by atoms with Crippen molar-refractivity contribution in [1.82, 2.24) is 0 Å². The van der Waals surface area contributed by atoms with Crippen molar-refractivity contribution in [2.75, 3.05) is 19.8 Å². The van der Waals surface area contributed by atoms with Crippen LogP contribution >= 0.6 is 0 Å². The number of carbonyl (C=O) groups is 3. The van der Waals surface area contributed by atoms with E-state index < -0.39 is 48.9 Å². The minimum atomic E-state index is -1.19. The topological polar surface area (TPSA) is 145 Å². The highest BCUT2D eigenvalue weighted by Crippen LogP contribution is 2.17. The Balaban J connectivity index is 4.48. The minimum absolute atomic E-state index is 0.169. The zero-order valence-corrected chi connectivity index (χ0v) is 13.6. The van der Waals surface area contributed by atoms with Crippen molar-refractivity contribution in [2.45, 2.75) is 51.4 Å². The molecule has 0 saturated heterocycles. The molecule has 0 spiro atoms. The second-order valence-corrected chi connectivity index (χ2v) is 5.47. The number of rotatable bonds is 10. The van der Waals surface area contributed by atoms with Crippen molar-refractivity contribution in [3.63, 3.8) is 0 Å². The van der Waals surface area contributed by atoms with Crippen LogP contribution in [0.15, 0.2) is 0 Å². The summed E-state index contributed by atoms with van der Waals surface area (Å²) >= 11 is 0. The van der Waals surface area contributed by atoms with Gasteiger partial charge in [-0.25, -0.2) is 4.79 Å². The minimum Gasteiger partial charge on any atom is -0.460 e. The van der Waals surface area contributed by atoms with Gasteiger partial charge in [-0.3, -0.25) is 9.59 Å². The van der Waals surface area contributed by atoms with Crippen LogP contribution in [-0.4, -0.2) is 65.7 Å². The fraction of sp³-hybridized carbons (Fsp3) is 0.786. The van der Waals surface area contributed by atoms with Gasteiger partial charge in [-0.15, -0.1) is 0 Å². The third-order valence-electron chi connectivity index (χ3n) is 2.66. The van der Waals surface area contributed by atoms with Gasteiger partial charge in [0, 0.05) is 0 Å². The Hall–Kier alpha value is -1.71. The zero-order valence-electron chi connectivity index (χ0n) is 13.6. The van der Waals surface area contributed by atoms with E-state index in [0.29, 0.717) is 0 Å². The summed E-state index contributed by atoms with van der Waals surface area (Å²) in [6, 6.07) is 0. The van der Waals surface area contributed by atoms with Gasteiger partial charge in [0.05, 0.1) is 19.6 Å². The number of hydrogen-bond acceptors (Lipinski definition) is 9. The van der Waals surface area contributed by atoms with E-state index in [-0.39, 0.29) is 19.4 Å². The number of ether oxygens (including phenoxy) is 3. The molecule has 0 aromatic carbocycles. The summed E-state index contributed by atoms with van der Waals surface area (Å²) in [5.74, 6) is -2.23. The molecule has 0 rings (SSSR count). The summed E-state index contributed by atoms with van der Waals surface area (Å²) in [6.07, 6.45) is -2.43. The van der Waals surface area contributed by atoms with Gasteiger partial charge in [0.15, 0.2) is 6.10 Å². The molecule has 0 aliphatic carbocycles. The predicted molar refractivity (Wildman–Crippen MR) is 78.1 cm³/mol. The number of nitrogens with two attached hydrogens (primary N) is 1. The van der Waals surface area contributed by atoms with Crippen molar-refractivity contribution in [3.8, 4) is 0 Å².